The van der Waals surface area contributed by atoms with E-state index in [2.05, 4.69) is 0 Å². The average Bonchev–Trinajstić information content (AvgIpc) is 2.96. The predicted octanol–water partition coefficient (Wildman–Crippen LogP) is 4.30. The lowest BCUT2D eigenvalue weighted by molar-refractivity contribution is 0.354. The van der Waals surface area contributed by atoms with Crippen LogP contribution in [-0.4, -0.2) is 21.3 Å². The number of methoxy groups -OCH3 is 3. The van der Waals surface area contributed by atoms with Crippen molar-refractivity contribution >= 4 is 22.9 Å². The quantitative estimate of drug-likeness (QED) is 0.744. The zero-order valence-corrected chi connectivity index (χ0v) is 13.3. The maximum Gasteiger partial charge on any atom is 0.160 e. The minimum atomic E-state index is -0.0815. The summed E-state index contributed by atoms with van der Waals surface area (Å²) in [6, 6.07) is 7.83. The molecule has 0 bridgehead atoms. The highest BCUT2D eigenvalue weighted by Gasteiger charge is 2.14. The molecule has 1 aromatic heterocycles. The van der Waals surface area contributed by atoms with Crippen LogP contribution in [0.2, 0.25) is 0 Å². The third-order valence-corrected chi connectivity index (χ3v) is 4.55. The fraction of sp³-hybridized carbons (Fsp3) is 0.333. The molecule has 0 saturated heterocycles. The van der Waals surface area contributed by atoms with Gasteiger partial charge in [0.25, 0.3) is 0 Å². The Balaban J connectivity index is 2.12. The highest BCUT2D eigenvalue weighted by atomic mass is 35.5. The van der Waals surface area contributed by atoms with E-state index in [4.69, 9.17) is 25.8 Å². The highest BCUT2D eigenvalue weighted by Crippen LogP contribution is 2.35. The molecule has 20 heavy (non-hydrogen) atoms. The summed E-state index contributed by atoms with van der Waals surface area (Å²) in [4.78, 5) is 1.10. The van der Waals surface area contributed by atoms with Crippen molar-refractivity contribution in [1.29, 1.82) is 0 Å². The molecule has 0 N–H and O–H groups in total. The Morgan fingerprint density at radius 2 is 1.80 bits per heavy atom. The van der Waals surface area contributed by atoms with Crippen LogP contribution in [0.4, 0.5) is 0 Å². The Kier molecular flexibility index (Phi) is 5.15. The molecule has 2 aromatic rings. The molecule has 0 aliphatic carbocycles. The van der Waals surface area contributed by atoms with Crippen molar-refractivity contribution < 1.29 is 14.2 Å². The number of rotatable bonds is 6. The summed E-state index contributed by atoms with van der Waals surface area (Å²) >= 11 is 8.07. The SMILES string of the molecule is COc1csc(C(Cl)Cc2ccc(OC)c(OC)c2)c1. The second kappa shape index (κ2) is 6.86. The first-order valence-electron chi connectivity index (χ1n) is 6.15. The van der Waals surface area contributed by atoms with Gasteiger partial charge in [0.15, 0.2) is 11.5 Å². The van der Waals surface area contributed by atoms with Crippen LogP contribution in [0, 0.1) is 0 Å². The molecule has 0 aliphatic heterocycles. The van der Waals surface area contributed by atoms with Gasteiger partial charge in [-0.05, 0) is 30.2 Å². The maximum atomic E-state index is 6.46. The molecule has 0 saturated carbocycles. The summed E-state index contributed by atoms with van der Waals surface area (Å²) in [6.07, 6.45) is 0.728. The number of benzene rings is 1. The molecule has 5 heteroatoms. The first-order chi connectivity index (χ1) is 9.67. The third-order valence-electron chi connectivity index (χ3n) is 3.00. The van der Waals surface area contributed by atoms with Gasteiger partial charge in [-0.3, -0.25) is 0 Å². The van der Waals surface area contributed by atoms with E-state index in [0.717, 1.165) is 34.1 Å². The third kappa shape index (κ3) is 3.38. The largest absolute Gasteiger partial charge is 0.496 e. The number of thiophene rings is 1. The normalized spacial score (nSPS) is 12.0. The predicted molar refractivity (Wildman–Crippen MR) is 82.7 cm³/mol. The average molecular weight is 313 g/mol. The molecular weight excluding hydrogens is 296 g/mol. The second-order valence-corrected chi connectivity index (χ2v) is 5.72. The maximum absolute atomic E-state index is 6.46. The van der Waals surface area contributed by atoms with Crippen LogP contribution in [0.5, 0.6) is 17.2 Å². The van der Waals surface area contributed by atoms with Gasteiger partial charge in [-0.15, -0.1) is 22.9 Å². The minimum Gasteiger partial charge on any atom is -0.496 e. The van der Waals surface area contributed by atoms with E-state index >= 15 is 0 Å². The summed E-state index contributed by atoms with van der Waals surface area (Å²) in [5.41, 5.74) is 1.11. The number of alkyl halides is 1. The van der Waals surface area contributed by atoms with Gasteiger partial charge in [0.05, 0.1) is 26.7 Å². The smallest absolute Gasteiger partial charge is 0.160 e. The van der Waals surface area contributed by atoms with E-state index in [1.165, 1.54) is 0 Å². The monoisotopic (exact) mass is 312 g/mol. The van der Waals surface area contributed by atoms with Crippen LogP contribution in [0.25, 0.3) is 0 Å². The molecule has 0 amide bonds. The van der Waals surface area contributed by atoms with Gasteiger partial charge in [0.1, 0.15) is 5.75 Å². The summed E-state index contributed by atoms with van der Waals surface area (Å²) in [5, 5.41) is 1.88. The van der Waals surface area contributed by atoms with Gasteiger partial charge >= 0.3 is 0 Å². The molecule has 108 valence electrons. The van der Waals surface area contributed by atoms with Crippen molar-refractivity contribution in [3.63, 3.8) is 0 Å². The molecule has 1 atom stereocenters. The highest BCUT2D eigenvalue weighted by molar-refractivity contribution is 7.10. The van der Waals surface area contributed by atoms with Crippen LogP contribution >= 0.6 is 22.9 Å². The molecule has 2 rings (SSSR count). The summed E-state index contributed by atoms with van der Waals surface area (Å²) < 4.78 is 15.7. The molecule has 1 aromatic carbocycles. The first kappa shape index (κ1) is 15.0. The fourth-order valence-electron chi connectivity index (χ4n) is 1.92. The molecule has 0 fully saturated rings. The van der Waals surface area contributed by atoms with Gasteiger partial charge < -0.3 is 14.2 Å². The lowest BCUT2D eigenvalue weighted by atomic mass is 10.1. The number of ether oxygens (including phenoxy) is 3. The molecular formula is C15H17ClO3S. The topological polar surface area (TPSA) is 27.7 Å². The summed E-state index contributed by atoms with van der Waals surface area (Å²) in [7, 11) is 4.91. The first-order valence-corrected chi connectivity index (χ1v) is 7.47. The van der Waals surface area contributed by atoms with E-state index in [1.807, 2.05) is 29.6 Å². The van der Waals surface area contributed by atoms with Crippen LogP contribution in [0.3, 0.4) is 0 Å². The lowest BCUT2D eigenvalue weighted by Gasteiger charge is -2.11. The van der Waals surface area contributed by atoms with Crippen molar-refractivity contribution in [2.45, 2.75) is 11.8 Å². The van der Waals surface area contributed by atoms with Crippen LogP contribution in [-0.2, 0) is 6.42 Å². The Hall–Kier alpha value is -1.39. The standard InChI is InChI=1S/C15H17ClO3S/c1-17-11-8-15(20-9-11)12(16)6-10-4-5-13(18-2)14(7-10)19-3/h4-5,7-9,12H,6H2,1-3H3. The minimum absolute atomic E-state index is 0.0815. The van der Waals surface area contributed by atoms with Crippen molar-refractivity contribution in [2.24, 2.45) is 0 Å². The summed E-state index contributed by atoms with van der Waals surface area (Å²) in [5.74, 6) is 2.29. The molecule has 0 aliphatic rings. The van der Waals surface area contributed by atoms with Gasteiger partial charge in [-0.1, -0.05) is 6.07 Å². The molecule has 0 spiro atoms. The Morgan fingerprint density at radius 3 is 2.40 bits per heavy atom. The van der Waals surface area contributed by atoms with E-state index in [-0.39, 0.29) is 5.38 Å². The number of hydrogen-bond donors (Lipinski definition) is 0. The van der Waals surface area contributed by atoms with E-state index in [1.54, 1.807) is 32.7 Å². The van der Waals surface area contributed by atoms with Crippen molar-refractivity contribution in [3.8, 4) is 17.2 Å². The summed E-state index contributed by atoms with van der Waals surface area (Å²) in [6.45, 7) is 0. The lowest BCUT2D eigenvalue weighted by Crippen LogP contribution is -1.96. The fourth-order valence-corrected chi connectivity index (χ4v) is 3.15. The van der Waals surface area contributed by atoms with Crippen molar-refractivity contribution in [3.05, 3.63) is 40.1 Å². The molecule has 1 unspecified atom stereocenters. The van der Waals surface area contributed by atoms with Gasteiger partial charge in [0.2, 0.25) is 0 Å². The van der Waals surface area contributed by atoms with Crippen LogP contribution in [0.15, 0.2) is 29.6 Å². The van der Waals surface area contributed by atoms with E-state index < -0.39 is 0 Å². The van der Waals surface area contributed by atoms with Crippen molar-refractivity contribution in [2.75, 3.05) is 21.3 Å². The van der Waals surface area contributed by atoms with Crippen molar-refractivity contribution in [1.82, 2.24) is 0 Å². The van der Waals surface area contributed by atoms with E-state index in [0.29, 0.717) is 0 Å². The Morgan fingerprint density at radius 1 is 1.05 bits per heavy atom. The number of halogens is 1. The molecule has 1 heterocycles. The van der Waals surface area contributed by atoms with Gasteiger partial charge in [-0.25, -0.2) is 0 Å². The second-order valence-electron chi connectivity index (χ2n) is 4.25. The zero-order valence-electron chi connectivity index (χ0n) is 11.7. The van der Waals surface area contributed by atoms with Gasteiger partial charge in [-0.2, -0.15) is 0 Å². The zero-order chi connectivity index (χ0) is 14.5. The number of hydrogen-bond acceptors (Lipinski definition) is 4. The van der Waals surface area contributed by atoms with E-state index in [9.17, 15) is 0 Å². The van der Waals surface area contributed by atoms with Gasteiger partial charge in [0, 0.05) is 10.3 Å². The van der Waals surface area contributed by atoms with Crippen LogP contribution in [0.1, 0.15) is 15.8 Å². The Bertz CT molecular complexity index is 568. The van der Waals surface area contributed by atoms with Crippen LogP contribution < -0.4 is 14.2 Å². The molecule has 0 radical (unpaired) electrons. The Labute approximate surface area is 128 Å². The molecule has 3 nitrogen and oxygen atoms in total.